The topological polar surface area (TPSA) is 106 Å². The predicted molar refractivity (Wildman–Crippen MR) is 180 cm³/mol. The minimum Gasteiger partial charge on any atom is -0.494 e. The van der Waals surface area contributed by atoms with Gasteiger partial charge in [-0.25, -0.2) is 9.97 Å². The molecule has 6 heterocycles. The average Bonchev–Trinajstić information content (AvgIpc) is 3.76. The molecule has 3 atom stereocenters. The van der Waals surface area contributed by atoms with Crippen molar-refractivity contribution < 1.29 is 14.3 Å². The fourth-order valence-corrected chi connectivity index (χ4v) is 7.78. The summed E-state index contributed by atoms with van der Waals surface area (Å²) in [5, 5.41) is 7.83. The van der Waals surface area contributed by atoms with Gasteiger partial charge in [0.2, 0.25) is 5.91 Å². The van der Waals surface area contributed by atoms with Crippen molar-refractivity contribution >= 4 is 33.9 Å². The van der Waals surface area contributed by atoms with Gasteiger partial charge in [-0.2, -0.15) is 0 Å². The summed E-state index contributed by atoms with van der Waals surface area (Å²) >= 11 is 0. The number of carbonyl (C=O) groups excluding carboxylic acids is 2. The third-order valence-electron chi connectivity index (χ3n) is 10.7. The largest absolute Gasteiger partial charge is 0.494 e. The van der Waals surface area contributed by atoms with Crippen molar-refractivity contribution in [1.29, 1.82) is 0 Å². The van der Waals surface area contributed by atoms with E-state index in [4.69, 9.17) is 14.7 Å². The van der Waals surface area contributed by atoms with Crippen LogP contribution in [0.1, 0.15) is 87.8 Å². The Morgan fingerprint density at radius 3 is 2.70 bits per heavy atom. The Labute approximate surface area is 270 Å². The molecular formula is C36H47N7O3. The predicted octanol–water partition coefficient (Wildman–Crippen LogP) is 5.59. The minimum atomic E-state index is -0.411. The second-order valence-corrected chi connectivity index (χ2v) is 14.3. The molecule has 2 bridgehead atoms. The molecule has 7 rings (SSSR count). The Morgan fingerprint density at radius 2 is 1.87 bits per heavy atom. The Morgan fingerprint density at radius 1 is 1.04 bits per heavy atom. The molecule has 2 amide bonds. The molecule has 0 spiro atoms. The highest BCUT2D eigenvalue weighted by atomic mass is 16.5. The van der Waals surface area contributed by atoms with Crippen LogP contribution in [-0.4, -0.2) is 68.6 Å². The van der Waals surface area contributed by atoms with Gasteiger partial charge >= 0.3 is 0 Å². The molecule has 2 saturated heterocycles. The van der Waals surface area contributed by atoms with Crippen molar-refractivity contribution in [3.8, 4) is 17.3 Å². The summed E-state index contributed by atoms with van der Waals surface area (Å²) < 4.78 is 10.2. The fraction of sp³-hybridized carbons (Fsp3) is 0.556. The molecule has 0 saturated carbocycles. The van der Waals surface area contributed by atoms with Crippen LogP contribution in [0, 0.1) is 11.3 Å². The van der Waals surface area contributed by atoms with Crippen molar-refractivity contribution in [3.05, 3.63) is 41.6 Å². The highest BCUT2D eigenvalue weighted by Gasteiger charge is 2.35. The molecule has 3 aliphatic rings. The van der Waals surface area contributed by atoms with Crippen LogP contribution in [0.5, 0.6) is 5.75 Å². The van der Waals surface area contributed by atoms with E-state index < -0.39 is 5.41 Å². The first-order chi connectivity index (χ1) is 22.1. The number of carbonyl (C=O) groups is 2. The molecule has 3 aliphatic heterocycles. The van der Waals surface area contributed by atoms with E-state index in [2.05, 4.69) is 31.9 Å². The minimum absolute atomic E-state index is 0.0307. The number of methoxy groups -OCH3 is 1. The number of benzene rings is 1. The Balaban J connectivity index is 1.28. The van der Waals surface area contributed by atoms with Gasteiger partial charge in [0.25, 0.3) is 5.91 Å². The van der Waals surface area contributed by atoms with Gasteiger partial charge in [0, 0.05) is 49.1 Å². The first-order valence-electron chi connectivity index (χ1n) is 17.0. The van der Waals surface area contributed by atoms with Crippen LogP contribution in [0.2, 0.25) is 0 Å². The van der Waals surface area contributed by atoms with Gasteiger partial charge in [0.15, 0.2) is 5.82 Å². The second-order valence-electron chi connectivity index (χ2n) is 14.3. The lowest BCUT2D eigenvalue weighted by Gasteiger charge is -2.35. The monoisotopic (exact) mass is 625 g/mol. The zero-order valence-electron chi connectivity index (χ0n) is 27.9. The lowest BCUT2D eigenvalue weighted by Crippen LogP contribution is -2.48. The molecule has 0 unspecified atom stereocenters. The fourth-order valence-electron chi connectivity index (χ4n) is 7.78. The lowest BCUT2D eigenvalue weighted by atomic mass is 9.85. The van der Waals surface area contributed by atoms with Gasteiger partial charge in [-0.3, -0.25) is 9.59 Å². The lowest BCUT2D eigenvalue weighted by molar-refractivity contribution is -0.130. The number of fused-ring (bicyclic) bond motifs is 3. The molecule has 10 nitrogen and oxygen atoms in total. The first-order valence-corrected chi connectivity index (χ1v) is 17.0. The molecular weight excluding hydrogens is 578 g/mol. The average molecular weight is 626 g/mol. The van der Waals surface area contributed by atoms with Gasteiger partial charge in [0.1, 0.15) is 16.9 Å². The molecule has 4 aromatic rings. The van der Waals surface area contributed by atoms with Crippen molar-refractivity contribution in [2.45, 2.75) is 84.3 Å². The van der Waals surface area contributed by atoms with E-state index in [1.54, 1.807) is 7.11 Å². The Bertz CT molecular complexity index is 1800. The number of likely N-dealkylation sites (tertiary alicyclic amines) is 1. The maximum Gasteiger partial charge on any atom is 0.254 e. The third kappa shape index (κ3) is 5.44. The molecule has 0 radical (unpaired) electrons. The number of pyridine rings is 1. The summed E-state index contributed by atoms with van der Waals surface area (Å²) in [4.78, 5) is 39.2. The van der Waals surface area contributed by atoms with Gasteiger partial charge < -0.3 is 29.4 Å². The van der Waals surface area contributed by atoms with Crippen LogP contribution in [0.25, 0.3) is 33.6 Å². The number of aryl methyl sites for hydroxylation is 2. The molecule has 244 valence electrons. The number of hydrogen-bond acceptors (Lipinski definition) is 6. The van der Waals surface area contributed by atoms with E-state index in [0.29, 0.717) is 23.3 Å². The van der Waals surface area contributed by atoms with Gasteiger partial charge in [-0.05, 0) is 75.4 Å². The van der Waals surface area contributed by atoms with Crippen LogP contribution < -0.4 is 15.4 Å². The number of imidazole rings is 1. The zero-order valence-corrected chi connectivity index (χ0v) is 27.9. The van der Waals surface area contributed by atoms with Gasteiger partial charge in [-0.15, -0.1) is 0 Å². The number of amides is 2. The summed E-state index contributed by atoms with van der Waals surface area (Å²) in [5.74, 6) is 2.21. The summed E-state index contributed by atoms with van der Waals surface area (Å²) in [6.45, 7) is 9.46. The quantitative estimate of drug-likeness (QED) is 0.308. The van der Waals surface area contributed by atoms with Crippen molar-refractivity contribution in [2.75, 3.05) is 26.7 Å². The van der Waals surface area contributed by atoms with Crippen molar-refractivity contribution in [3.63, 3.8) is 0 Å². The van der Waals surface area contributed by atoms with Crippen LogP contribution in [-0.2, 0) is 18.4 Å². The number of nitrogens with one attached hydrogen (secondary N) is 2. The van der Waals surface area contributed by atoms with Crippen LogP contribution in [0.15, 0.2) is 30.3 Å². The SMILES string of the molecule is COc1cc(C(=O)N2CC[C@@H]3CCN[C@@H]3C2)cc2nc(-c3cc4ccc5nc4n3CCCCCCC(C)(C)C(=O)N[C@@H]5C)n(C)c12. The number of hydrogen-bond donors (Lipinski definition) is 2. The molecule has 2 N–H and O–H groups in total. The summed E-state index contributed by atoms with van der Waals surface area (Å²) in [7, 11) is 3.67. The third-order valence-corrected chi connectivity index (χ3v) is 10.7. The first kappa shape index (κ1) is 30.7. The molecule has 3 aromatic heterocycles. The van der Waals surface area contributed by atoms with Gasteiger partial charge in [-0.1, -0.05) is 33.1 Å². The standard InChI is InChI=1S/C36H47N7O3/c1-22-26-11-10-24-19-29(43(32(24)39-26)16-9-7-6-8-14-36(2,3)35(45)38-22)33-40-27-18-25(20-30(46-5)31(27)41(33)4)34(44)42-17-13-23-12-15-37-28(23)21-42/h10-11,18-20,22-23,28,37H,6-9,12-17,21H2,1-5H3,(H,38,45)/t22-,23+,28-/m1/s1. The normalized spacial score (nSPS) is 23.8. The maximum atomic E-state index is 13.8. The number of aromatic nitrogens is 4. The number of nitrogens with zero attached hydrogens (tertiary/aromatic N) is 5. The molecule has 10 heteroatoms. The van der Waals surface area contributed by atoms with E-state index in [0.717, 1.165) is 104 Å². The molecule has 2 fully saturated rings. The highest BCUT2D eigenvalue weighted by Crippen LogP contribution is 2.36. The van der Waals surface area contributed by atoms with Crippen LogP contribution in [0.4, 0.5) is 0 Å². The Hall–Kier alpha value is -3.92. The van der Waals surface area contributed by atoms with E-state index in [1.807, 2.05) is 50.9 Å². The maximum absolute atomic E-state index is 13.8. The Kier molecular flexibility index (Phi) is 8.03. The summed E-state index contributed by atoms with van der Waals surface area (Å²) in [6.07, 6.45) is 7.28. The molecule has 46 heavy (non-hydrogen) atoms. The number of rotatable bonds is 3. The second kappa shape index (κ2) is 12.0. The van der Waals surface area contributed by atoms with Crippen LogP contribution in [0.3, 0.4) is 0 Å². The van der Waals surface area contributed by atoms with E-state index >= 15 is 0 Å². The summed E-state index contributed by atoms with van der Waals surface area (Å²) in [6, 6.07) is 10.2. The van der Waals surface area contributed by atoms with Crippen molar-refractivity contribution in [2.24, 2.45) is 18.4 Å². The molecule has 1 aromatic carbocycles. The smallest absolute Gasteiger partial charge is 0.254 e. The van der Waals surface area contributed by atoms with Gasteiger partial charge in [0.05, 0.1) is 30.1 Å². The summed E-state index contributed by atoms with van der Waals surface area (Å²) in [5.41, 5.74) is 4.50. The van der Waals surface area contributed by atoms with E-state index in [1.165, 1.54) is 6.42 Å². The van der Waals surface area contributed by atoms with E-state index in [9.17, 15) is 9.59 Å². The van der Waals surface area contributed by atoms with Crippen molar-refractivity contribution in [1.82, 2.24) is 34.6 Å². The number of piperidine rings is 1. The van der Waals surface area contributed by atoms with E-state index in [-0.39, 0.29) is 17.9 Å². The highest BCUT2D eigenvalue weighted by molar-refractivity contribution is 6.00. The number of ether oxygens (including phenoxy) is 1. The molecule has 0 aliphatic carbocycles. The van der Waals surface area contributed by atoms with Crippen LogP contribution >= 0.6 is 0 Å². The zero-order chi connectivity index (χ0) is 32.2.